The van der Waals surface area contributed by atoms with E-state index in [1.54, 1.807) is 11.3 Å². The number of hydrogen-bond acceptors (Lipinski definition) is 4. The molecule has 0 aliphatic carbocycles. The Labute approximate surface area is 286 Å². The molecule has 230 valence electrons. The summed E-state index contributed by atoms with van der Waals surface area (Å²) in [5.41, 5.74) is 8.45. The van der Waals surface area contributed by atoms with Crippen molar-refractivity contribution >= 4 is 81.2 Å². The van der Waals surface area contributed by atoms with E-state index in [4.69, 9.17) is 9.40 Å². The average Bonchev–Trinajstić information content (AvgIpc) is 3.77. The van der Waals surface area contributed by atoms with E-state index in [2.05, 4.69) is 150 Å². The van der Waals surface area contributed by atoms with Gasteiger partial charge in [0, 0.05) is 42.8 Å². The van der Waals surface area contributed by atoms with Crippen LogP contribution in [-0.2, 0) is 0 Å². The number of para-hydroxylation sites is 2. The van der Waals surface area contributed by atoms with Crippen LogP contribution in [0.15, 0.2) is 174 Å². The van der Waals surface area contributed by atoms with E-state index in [9.17, 15) is 0 Å². The van der Waals surface area contributed by atoms with Gasteiger partial charge in [-0.05, 0) is 93.3 Å². The fourth-order valence-electron chi connectivity index (χ4n) is 7.15. The molecule has 0 aliphatic rings. The molecule has 2 aromatic heterocycles. The molecule has 8 aromatic carbocycles. The Hall–Kier alpha value is -6.23. The van der Waals surface area contributed by atoms with Crippen molar-refractivity contribution in [2.24, 2.45) is 0 Å². The van der Waals surface area contributed by atoms with Gasteiger partial charge in [0.2, 0.25) is 5.89 Å². The highest BCUT2D eigenvalue weighted by Crippen LogP contribution is 2.44. The van der Waals surface area contributed by atoms with E-state index in [-0.39, 0.29) is 0 Å². The van der Waals surface area contributed by atoms with Gasteiger partial charge in [-0.15, -0.1) is 11.3 Å². The minimum absolute atomic E-state index is 0.652. The van der Waals surface area contributed by atoms with Gasteiger partial charge < -0.3 is 9.32 Å². The molecule has 10 rings (SSSR count). The van der Waals surface area contributed by atoms with Crippen molar-refractivity contribution in [2.75, 3.05) is 4.90 Å². The Morgan fingerprint density at radius 3 is 2.06 bits per heavy atom. The predicted molar refractivity (Wildman–Crippen MR) is 207 cm³/mol. The molecule has 0 saturated heterocycles. The van der Waals surface area contributed by atoms with Gasteiger partial charge in [0.1, 0.15) is 5.52 Å². The Bertz CT molecular complexity index is 2810. The van der Waals surface area contributed by atoms with Crippen LogP contribution in [0.3, 0.4) is 0 Å². The lowest BCUT2D eigenvalue weighted by Gasteiger charge is -2.26. The number of fused-ring (bicyclic) bond motifs is 6. The molecule has 0 fully saturated rings. The zero-order valence-electron chi connectivity index (χ0n) is 26.4. The summed E-state index contributed by atoms with van der Waals surface area (Å²) in [5, 5.41) is 7.32. The topological polar surface area (TPSA) is 29.3 Å². The number of nitrogens with zero attached hydrogens (tertiary/aromatic N) is 2. The molecule has 0 radical (unpaired) electrons. The van der Waals surface area contributed by atoms with E-state index in [1.807, 2.05) is 24.3 Å². The molecule has 0 saturated carbocycles. The molecule has 49 heavy (non-hydrogen) atoms. The highest BCUT2D eigenvalue weighted by molar-refractivity contribution is 7.26. The zero-order chi connectivity index (χ0) is 32.3. The quantitative estimate of drug-likeness (QED) is 0.187. The first-order chi connectivity index (χ1) is 24.3. The second-order valence-corrected chi connectivity index (χ2v) is 13.5. The fourth-order valence-corrected chi connectivity index (χ4v) is 8.31. The summed E-state index contributed by atoms with van der Waals surface area (Å²) in [7, 11) is 0. The molecule has 4 heteroatoms. The van der Waals surface area contributed by atoms with Crippen molar-refractivity contribution in [3.63, 3.8) is 0 Å². The minimum atomic E-state index is 0.652. The van der Waals surface area contributed by atoms with E-state index in [1.165, 1.54) is 52.8 Å². The number of oxazole rings is 1. The van der Waals surface area contributed by atoms with Crippen LogP contribution in [0.4, 0.5) is 17.1 Å². The highest BCUT2D eigenvalue weighted by Gasteiger charge is 2.19. The molecule has 2 heterocycles. The molecule has 0 spiro atoms. The molecule has 0 bridgehead atoms. The normalized spacial score (nSPS) is 11.7. The largest absolute Gasteiger partial charge is 0.436 e. The van der Waals surface area contributed by atoms with Crippen LogP contribution >= 0.6 is 11.3 Å². The van der Waals surface area contributed by atoms with Crippen LogP contribution in [0.5, 0.6) is 0 Å². The fraction of sp³-hybridized carbons (Fsp3) is 0. The zero-order valence-corrected chi connectivity index (χ0v) is 27.2. The summed E-state index contributed by atoms with van der Waals surface area (Å²) < 4.78 is 8.67. The molecule has 0 aliphatic heterocycles. The molecule has 3 nitrogen and oxygen atoms in total. The third-order valence-corrected chi connectivity index (χ3v) is 10.6. The van der Waals surface area contributed by atoms with Crippen molar-refractivity contribution in [1.82, 2.24) is 4.98 Å². The van der Waals surface area contributed by atoms with Gasteiger partial charge in [-0.2, -0.15) is 0 Å². The maximum Gasteiger partial charge on any atom is 0.227 e. The Morgan fingerprint density at radius 1 is 0.469 bits per heavy atom. The molecule has 0 N–H and O–H groups in total. The van der Waals surface area contributed by atoms with Gasteiger partial charge in [0.15, 0.2) is 5.58 Å². The van der Waals surface area contributed by atoms with E-state index < -0.39 is 0 Å². The number of aromatic nitrogens is 1. The first-order valence-corrected chi connectivity index (χ1v) is 17.3. The lowest BCUT2D eigenvalue weighted by atomic mass is 9.98. The molecule has 0 amide bonds. The number of thiophene rings is 1. The van der Waals surface area contributed by atoms with Crippen LogP contribution in [0.2, 0.25) is 0 Å². The molecule has 10 aromatic rings. The molecule has 0 atom stereocenters. The average molecular weight is 645 g/mol. The lowest BCUT2D eigenvalue weighted by Crippen LogP contribution is -2.09. The Balaban J connectivity index is 1.12. The summed E-state index contributed by atoms with van der Waals surface area (Å²) in [6.45, 7) is 0. The first kappa shape index (κ1) is 27.8. The van der Waals surface area contributed by atoms with Crippen LogP contribution in [-0.4, -0.2) is 4.98 Å². The summed E-state index contributed by atoms with van der Waals surface area (Å²) in [4.78, 5) is 7.21. The highest BCUT2D eigenvalue weighted by atomic mass is 32.1. The summed E-state index contributed by atoms with van der Waals surface area (Å²) in [5.74, 6) is 0.652. The predicted octanol–water partition coefficient (Wildman–Crippen LogP) is 13.3. The van der Waals surface area contributed by atoms with Gasteiger partial charge in [-0.3, -0.25) is 0 Å². The van der Waals surface area contributed by atoms with Crippen molar-refractivity contribution in [3.8, 4) is 22.6 Å². The maximum absolute atomic E-state index is 6.24. The van der Waals surface area contributed by atoms with Crippen LogP contribution in [0, 0.1) is 0 Å². The molecular formula is C45H28N2OS. The minimum Gasteiger partial charge on any atom is -0.436 e. The smallest absolute Gasteiger partial charge is 0.227 e. The van der Waals surface area contributed by atoms with Crippen LogP contribution in [0.1, 0.15) is 0 Å². The third kappa shape index (κ3) is 4.68. The second-order valence-electron chi connectivity index (χ2n) is 12.4. The summed E-state index contributed by atoms with van der Waals surface area (Å²) >= 11 is 1.81. The monoisotopic (exact) mass is 644 g/mol. The Kier molecular flexibility index (Phi) is 6.36. The van der Waals surface area contributed by atoms with Gasteiger partial charge >= 0.3 is 0 Å². The maximum atomic E-state index is 6.24. The van der Waals surface area contributed by atoms with Crippen molar-refractivity contribution in [1.29, 1.82) is 0 Å². The molecule has 0 unspecified atom stereocenters. The van der Waals surface area contributed by atoms with Crippen molar-refractivity contribution in [2.45, 2.75) is 0 Å². The van der Waals surface area contributed by atoms with E-state index in [0.29, 0.717) is 5.89 Å². The van der Waals surface area contributed by atoms with Crippen LogP contribution < -0.4 is 4.90 Å². The van der Waals surface area contributed by atoms with E-state index >= 15 is 0 Å². The van der Waals surface area contributed by atoms with Gasteiger partial charge in [-0.1, -0.05) is 109 Å². The van der Waals surface area contributed by atoms with Crippen molar-refractivity contribution < 1.29 is 4.42 Å². The standard InChI is InChI=1S/C45H28N2OS/c1-2-11-32-27-34(24-19-29(32)9-1)47(33-22-20-31(21-23-33)37-14-7-12-30-10-3-4-13-36(30)37)35-25-26-38-43(28-35)49-42-18-8-15-39(44(38)42)45-46-40-16-5-6-17-41(40)48-45/h1-28H. The second kappa shape index (κ2) is 11.2. The van der Waals surface area contributed by atoms with Gasteiger partial charge in [0.05, 0.1) is 0 Å². The molecular weight excluding hydrogens is 617 g/mol. The SMILES string of the molecule is c1ccc2cc(N(c3ccc(-c4cccc5ccccc45)cc3)c3ccc4c(c3)sc3cccc(-c5nc6ccccc6o5)c34)ccc2c1. The lowest BCUT2D eigenvalue weighted by molar-refractivity contribution is 0.620. The number of anilines is 3. The van der Waals surface area contributed by atoms with Crippen LogP contribution in [0.25, 0.3) is 75.4 Å². The van der Waals surface area contributed by atoms with Crippen molar-refractivity contribution in [3.05, 3.63) is 170 Å². The third-order valence-electron chi connectivity index (χ3n) is 9.48. The van der Waals surface area contributed by atoms with Gasteiger partial charge in [0.25, 0.3) is 0 Å². The summed E-state index contributed by atoms with van der Waals surface area (Å²) in [6.07, 6.45) is 0. The number of rotatable bonds is 5. The van der Waals surface area contributed by atoms with E-state index in [0.717, 1.165) is 33.7 Å². The number of benzene rings is 8. The number of hydrogen-bond donors (Lipinski definition) is 0. The first-order valence-electron chi connectivity index (χ1n) is 16.5. The summed E-state index contributed by atoms with van der Waals surface area (Å²) in [6, 6.07) is 60.5. The van der Waals surface area contributed by atoms with Gasteiger partial charge in [-0.25, -0.2) is 4.98 Å². The Morgan fingerprint density at radius 2 is 1.16 bits per heavy atom.